The molecule has 2 rings (SSSR count). The average molecular weight is 362 g/mol. The van der Waals surface area contributed by atoms with Crippen molar-refractivity contribution in [2.45, 2.75) is 26.7 Å². The molecule has 0 amide bonds. The van der Waals surface area contributed by atoms with Crippen LogP contribution in [0, 0.1) is 0 Å². The molecular weight excluding hydrogens is 336 g/mol. The van der Waals surface area contributed by atoms with Gasteiger partial charge in [-0.15, -0.1) is 11.3 Å². The summed E-state index contributed by atoms with van der Waals surface area (Å²) >= 11 is 1.77. The second kappa shape index (κ2) is 9.88. The molecule has 6 nitrogen and oxygen atoms in total. The third kappa shape index (κ3) is 5.63. The highest BCUT2D eigenvalue weighted by Gasteiger charge is 2.07. The van der Waals surface area contributed by atoms with Gasteiger partial charge in [0.15, 0.2) is 17.5 Å². The molecule has 0 radical (unpaired) electrons. The molecule has 0 atom stereocenters. The molecule has 0 spiro atoms. The Morgan fingerprint density at radius 2 is 2.12 bits per heavy atom. The summed E-state index contributed by atoms with van der Waals surface area (Å²) in [6.07, 6.45) is 3.87. The topological polar surface area (TPSA) is 67.8 Å². The smallest absolute Gasteiger partial charge is 0.195 e. The zero-order valence-electron chi connectivity index (χ0n) is 15.3. The Labute approximate surface area is 153 Å². The molecule has 7 heteroatoms. The SMILES string of the molecule is CCOc1ccc(NC(=NC)NCCc2ncc(CC)s2)cc1OC. The molecular formula is C18H26N4O2S. The fraction of sp³-hybridized carbons (Fsp3) is 0.444. The van der Waals surface area contributed by atoms with Gasteiger partial charge in [0.1, 0.15) is 0 Å². The van der Waals surface area contributed by atoms with Gasteiger partial charge >= 0.3 is 0 Å². The first-order chi connectivity index (χ1) is 12.2. The summed E-state index contributed by atoms with van der Waals surface area (Å²) in [6, 6.07) is 5.72. The van der Waals surface area contributed by atoms with Crippen LogP contribution >= 0.6 is 11.3 Å². The average Bonchev–Trinajstić information content (AvgIpc) is 3.10. The van der Waals surface area contributed by atoms with Crippen LogP contribution in [0.15, 0.2) is 29.4 Å². The van der Waals surface area contributed by atoms with Gasteiger partial charge in [0.05, 0.1) is 18.7 Å². The summed E-state index contributed by atoms with van der Waals surface area (Å²) in [5, 5.41) is 7.71. The van der Waals surface area contributed by atoms with Gasteiger partial charge in [-0.1, -0.05) is 6.92 Å². The lowest BCUT2D eigenvalue weighted by atomic mass is 10.2. The first kappa shape index (κ1) is 19.1. The molecule has 1 heterocycles. The van der Waals surface area contributed by atoms with E-state index in [0.29, 0.717) is 18.3 Å². The lowest BCUT2D eigenvalue weighted by Crippen LogP contribution is -2.32. The fourth-order valence-corrected chi connectivity index (χ4v) is 3.11. The van der Waals surface area contributed by atoms with E-state index in [1.54, 1.807) is 25.5 Å². The van der Waals surface area contributed by atoms with Crippen molar-refractivity contribution in [3.05, 3.63) is 34.3 Å². The van der Waals surface area contributed by atoms with Gasteiger partial charge in [-0.05, 0) is 25.5 Å². The van der Waals surface area contributed by atoms with Crippen molar-refractivity contribution in [3.8, 4) is 11.5 Å². The molecule has 2 aromatic rings. The fourth-order valence-electron chi connectivity index (χ4n) is 2.25. The van der Waals surface area contributed by atoms with E-state index in [1.807, 2.05) is 31.3 Å². The third-order valence-electron chi connectivity index (χ3n) is 3.53. The van der Waals surface area contributed by atoms with E-state index in [0.717, 1.165) is 35.8 Å². The minimum atomic E-state index is 0.600. The van der Waals surface area contributed by atoms with Crippen LogP contribution in [0.3, 0.4) is 0 Å². The van der Waals surface area contributed by atoms with E-state index in [2.05, 4.69) is 27.5 Å². The van der Waals surface area contributed by atoms with E-state index < -0.39 is 0 Å². The number of nitrogens with zero attached hydrogens (tertiary/aromatic N) is 2. The van der Waals surface area contributed by atoms with E-state index in [-0.39, 0.29) is 0 Å². The summed E-state index contributed by atoms with van der Waals surface area (Å²) < 4.78 is 10.9. The molecule has 0 saturated heterocycles. The van der Waals surface area contributed by atoms with Gasteiger partial charge in [0, 0.05) is 42.8 Å². The van der Waals surface area contributed by atoms with Crippen molar-refractivity contribution in [2.75, 3.05) is 32.6 Å². The number of benzene rings is 1. The number of nitrogens with one attached hydrogen (secondary N) is 2. The molecule has 1 aromatic heterocycles. The van der Waals surface area contributed by atoms with E-state index in [4.69, 9.17) is 9.47 Å². The number of aryl methyl sites for hydroxylation is 1. The standard InChI is InChI=1S/C18H26N4O2S/c1-5-14-12-21-17(25-14)9-10-20-18(19-3)22-13-7-8-15(24-6-2)16(11-13)23-4/h7-8,11-12H,5-6,9-10H2,1-4H3,(H2,19,20,22). The van der Waals surface area contributed by atoms with Crippen LogP contribution in [-0.2, 0) is 12.8 Å². The molecule has 0 aliphatic heterocycles. The van der Waals surface area contributed by atoms with Gasteiger partial charge in [-0.3, -0.25) is 4.99 Å². The highest BCUT2D eigenvalue weighted by atomic mass is 32.1. The second-order valence-corrected chi connectivity index (χ2v) is 6.45. The number of hydrogen-bond donors (Lipinski definition) is 2. The lowest BCUT2D eigenvalue weighted by molar-refractivity contribution is 0.311. The number of aliphatic imine (C=N–C) groups is 1. The predicted molar refractivity (Wildman–Crippen MR) is 104 cm³/mol. The molecule has 0 saturated carbocycles. The minimum Gasteiger partial charge on any atom is -0.493 e. The van der Waals surface area contributed by atoms with Crippen LogP contribution in [0.2, 0.25) is 0 Å². The van der Waals surface area contributed by atoms with Crippen molar-refractivity contribution < 1.29 is 9.47 Å². The summed E-state index contributed by atoms with van der Waals surface area (Å²) in [6.45, 7) is 5.46. The molecule has 0 aliphatic carbocycles. The van der Waals surface area contributed by atoms with Crippen LogP contribution in [0.25, 0.3) is 0 Å². The van der Waals surface area contributed by atoms with Crippen LogP contribution < -0.4 is 20.1 Å². The van der Waals surface area contributed by atoms with Crippen LogP contribution in [0.4, 0.5) is 5.69 Å². The van der Waals surface area contributed by atoms with Crippen LogP contribution in [0.5, 0.6) is 11.5 Å². The van der Waals surface area contributed by atoms with Crippen molar-refractivity contribution >= 4 is 23.0 Å². The monoisotopic (exact) mass is 362 g/mol. The Balaban J connectivity index is 1.90. The number of thiazole rings is 1. The normalized spacial score (nSPS) is 11.3. The largest absolute Gasteiger partial charge is 0.493 e. The van der Waals surface area contributed by atoms with E-state index >= 15 is 0 Å². The van der Waals surface area contributed by atoms with Crippen LogP contribution in [0.1, 0.15) is 23.7 Å². The maximum atomic E-state index is 5.53. The summed E-state index contributed by atoms with van der Waals surface area (Å²) in [5.74, 6) is 2.13. The van der Waals surface area contributed by atoms with Crippen LogP contribution in [-0.4, -0.2) is 38.3 Å². The molecule has 0 bridgehead atoms. The third-order valence-corrected chi connectivity index (χ3v) is 4.73. The second-order valence-electron chi connectivity index (χ2n) is 5.25. The number of rotatable bonds is 8. The zero-order valence-corrected chi connectivity index (χ0v) is 16.1. The van der Waals surface area contributed by atoms with Crippen molar-refractivity contribution in [1.82, 2.24) is 10.3 Å². The quantitative estimate of drug-likeness (QED) is 0.557. The molecule has 1 aromatic carbocycles. The minimum absolute atomic E-state index is 0.600. The Bertz CT molecular complexity index is 700. The Hall–Kier alpha value is -2.28. The first-order valence-electron chi connectivity index (χ1n) is 8.42. The number of guanidine groups is 1. The highest BCUT2D eigenvalue weighted by molar-refractivity contribution is 7.11. The number of anilines is 1. The van der Waals surface area contributed by atoms with Crippen molar-refractivity contribution in [1.29, 1.82) is 0 Å². The van der Waals surface area contributed by atoms with Gasteiger partial charge in [0.2, 0.25) is 0 Å². The molecule has 136 valence electrons. The molecule has 25 heavy (non-hydrogen) atoms. The number of hydrogen-bond acceptors (Lipinski definition) is 5. The van der Waals surface area contributed by atoms with E-state index in [1.165, 1.54) is 4.88 Å². The maximum absolute atomic E-state index is 5.53. The lowest BCUT2D eigenvalue weighted by Gasteiger charge is -2.14. The summed E-state index contributed by atoms with van der Waals surface area (Å²) in [7, 11) is 3.38. The number of ether oxygens (including phenoxy) is 2. The maximum Gasteiger partial charge on any atom is 0.195 e. The molecule has 2 N–H and O–H groups in total. The van der Waals surface area contributed by atoms with Gasteiger partial charge in [-0.2, -0.15) is 0 Å². The van der Waals surface area contributed by atoms with E-state index in [9.17, 15) is 0 Å². The number of aromatic nitrogens is 1. The molecule has 0 unspecified atom stereocenters. The van der Waals surface area contributed by atoms with Gasteiger partial charge < -0.3 is 20.1 Å². The summed E-state index contributed by atoms with van der Waals surface area (Å²) in [5.41, 5.74) is 0.885. The van der Waals surface area contributed by atoms with Gasteiger partial charge in [0.25, 0.3) is 0 Å². The van der Waals surface area contributed by atoms with Gasteiger partial charge in [-0.25, -0.2) is 4.98 Å². The Kier molecular flexibility index (Phi) is 7.53. The Morgan fingerprint density at radius 3 is 2.76 bits per heavy atom. The number of methoxy groups -OCH3 is 1. The molecule has 0 fully saturated rings. The molecule has 0 aliphatic rings. The predicted octanol–water partition coefficient (Wildman–Crippen LogP) is 3.34. The van der Waals surface area contributed by atoms with Crippen molar-refractivity contribution in [3.63, 3.8) is 0 Å². The zero-order chi connectivity index (χ0) is 18.1. The van der Waals surface area contributed by atoms with Crippen molar-refractivity contribution in [2.24, 2.45) is 4.99 Å². The highest BCUT2D eigenvalue weighted by Crippen LogP contribution is 2.30. The Morgan fingerprint density at radius 1 is 1.28 bits per heavy atom. The first-order valence-corrected chi connectivity index (χ1v) is 9.23. The summed E-state index contributed by atoms with van der Waals surface area (Å²) in [4.78, 5) is 10.0.